The van der Waals surface area contributed by atoms with E-state index in [1.807, 2.05) is 47.1 Å². The van der Waals surface area contributed by atoms with Crippen molar-refractivity contribution < 1.29 is 0 Å². The van der Waals surface area contributed by atoms with Gasteiger partial charge in [0.15, 0.2) is 0 Å². The molecule has 0 spiro atoms. The molecule has 2 aromatic heterocycles. The summed E-state index contributed by atoms with van der Waals surface area (Å²) in [4.78, 5) is 19.6. The molecule has 0 atom stereocenters. The van der Waals surface area contributed by atoms with Crippen molar-refractivity contribution in [2.24, 2.45) is 0 Å². The predicted octanol–water partition coefficient (Wildman–Crippen LogP) is 3.45. The predicted molar refractivity (Wildman–Crippen MR) is 82.9 cm³/mol. The molecule has 1 aliphatic carbocycles. The van der Waals surface area contributed by atoms with Gasteiger partial charge >= 0.3 is 0 Å². The Bertz CT molecular complexity index is 986. The largest absolute Gasteiger partial charge is 0.321 e. The number of nitrogens with zero attached hydrogens (tertiary/aromatic N) is 2. The number of hydrogen-bond donors (Lipinski definition) is 1. The van der Waals surface area contributed by atoms with Gasteiger partial charge in [-0.1, -0.05) is 35.9 Å². The van der Waals surface area contributed by atoms with Gasteiger partial charge in [0, 0.05) is 34.7 Å². The molecule has 0 saturated carbocycles. The first-order valence-electron chi connectivity index (χ1n) is 6.48. The standard InChI is InChI=1S/C16H10ClN3O/c17-10-6-7-20-9-13(18-14(20)8-10)15-11-4-2-1-3-5-12(11)19-16(15)21/h1-9H,(H,19,21). The lowest BCUT2D eigenvalue weighted by Gasteiger charge is -1.94. The molecule has 0 bridgehead atoms. The minimum absolute atomic E-state index is 0.134. The van der Waals surface area contributed by atoms with E-state index in [9.17, 15) is 4.79 Å². The van der Waals surface area contributed by atoms with Gasteiger partial charge in [-0.3, -0.25) is 4.79 Å². The lowest BCUT2D eigenvalue weighted by molar-refractivity contribution is 1.19. The first kappa shape index (κ1) is 12.2. The second-order valence-corrected chi connectivity index (χ2v) is 5.24. The molecule has 5 heteroatoms. The van der Waals surface area contributed by atoms with E-state index in [0.717, 1.165) is 11.3 Å². The summed E-state index contributed by atoms with van der Waals surface area (Å²) in [6.07, 6.45) is 3.66. The number of pyridine rings is 1. The van der Waals surface area contributed by atoms with E-state index in [4.69, 9.17) is 11.6 Å². The minimum atomic E-state index is -0.134. The van der Waals surface area contributed by atoms with E-state index >= 15 is 0 Å². The Balaban J connectivity index is 2.02. The van der Waals surface area contributed by atoms with Crippen LogP contribution in [0, 0.1) is 0 Å². The van der Waals surface area contributed by atoms with Crippen molar-refractivity contribution in [3.8, 4) is 22.5 Å². The van der Waals surface area contributed by atoms with Crippen LogP contribution in [-0.4, -0.2) is 14.4 Å². The van der Waals surface area contributed by atoms with Crippen LogP contribution in [0.15, 0.2) is 59.7 Å². The molecule has 2 aliphatic rings. The number of rotatable bonds is 1. The minimum Gasteiger partial charge on any atom is -0.321 e. The molecule has 0 unspecified atom stereocenters. The molecular weight excluding hydrogens is 286 g/mol. The first-order valence-corrected chi connectivity index (χ1v) is 6.86. The van der Waals surface area contributed by atoms with Crippen molar-refractivity contribution in [2.75, 3.05) is 0 Å². The molecule has 0 saturated heterocycles. The fraction of sp³-hybridized carbons (Fsp3) is 0. The van der Waals surface area contributed by atoms with E-state index in [0.29, 0.717) is 21.9 Å². The molecule has 2 aromatic rings. The molecule has 1 N–H and O–H groups in total. The van der Waals surface area contributed by atoms with Crippen LogP contribution >= 0.6 is 11.6 Å². The van der Waals surface area contributed by atoms with Crippen molar-refractivity contribution in [2.45, 2.75) is 0 Å². The highest BCUT2D eigenvalue weighted by atomic mass is 35.5. The summed E-state index contributed by atoms with van der Waals surface area (Å²) in [7, 11) is 0. The van der Waals surface area contributed by atoms with Crippen molar-refractivity contribution >= 4 is 17.2 Å². The van der Waals surface area contributed by atoms with Gasteiger partial charge in [0.05, 0.1) is 11.3 Å². The average Bonchev–Trinajstić information content (AvgIpc) is 2.91. The van der Waals surface area contributed by atoms with Gasteiger partial charge in [0.25, 0.3) is 5.56 Å². The highest BCUT2D eigenvalue weighted by molar-refractivity contribution is 6.30. The van der Waals surface area contributed by atoms with Crippen molar-refractivity contribution in [3.05, 3.63) is 70.2 Å². The first-order chi connectivity index (χ1) is 10.2. The Labute approximate surface area is 125 Å². The zero-order valence-corrected chi connectivity index (χ0v) is 11.6. The Hall–Kier alpha value is -2.59. The lowest BCUT2D eigenvalue weighted by atomic mass is 10.1. The van der Waals surface area contributed by atoms with Crippen LogP contribution in [0.1, 0.15) is 0 Å². The van der Waals surface area contributed by atoms with Gasteiger partial charge in [-0.2, -0.15) is 0 Å². The van der Waals surface area contributed by atoms with Crippen molar-refractivity contribution in [3.63, 3.8) is 0 Å². The van der Waals surface area contributed by atoms with E-state index in [-0.39, 0.29) is 5.56 Å². The average molecular weight is 296 g/mol. The maximum Gasteiger partial charge on any atom is 0.258 e. The fourth-order valence-corrected chi connectivity index (χ4v) is 2.67. The lowest BCUT2D eigenvalue weighted by Crippen LogP contribution is -2.00. The summed E-state index contributed by atoms with van der Waals surface area (Å²) in [5.41, 5.74) is 3.47. The zero-order chi connectivity index (χ0) is 14.4. The molecule has 102 valence electrons. The summed E-state index contributed by atoms with van der Waals surface area (Å²) >= 11 is 5.98. The van der Waals surface area contributed by atoms with Gasteiger partial charge in [-0.15, -0.1) is 0 Å². The number of nitrogens with one attached hydrogen (secondary N) is 1. The number of H-pyrrole nitrogens is 1. The molecular formula is C16H10ClN3O. The van der Waals surface area contributed by atoms with E-state index in [2.05, 4.69) is 9.97 Å². The SMILES string of the molecule is O=c1[nH]c2cccccc-2c1-c1cn2ccc(Cl)cc2n1. The summed E-state index contributed by atoms with van der Waals surface area (Å²) < 4.78 is 1.85. The Morgan fingerprint density at radius 3 is 2.90 bits per heavy atom. The van der Waals surface area contributed by atoms with Crippen LogP contribution in [0.3, 0.4) is 0 Å². The van der Waals surface area contributed by atoms with Gasteiger partial charge in [0.2, 0.25) is 0 Å². The van der Waals surface area contributed by atoms with Gasteiger partial charge in [-0.25, -0.2) is 4.98 Å². The van der Waals surface area contributed by atoms with Gasteiger partial charge in [0.1, 0.15) is 5.65 Å². The smallest absolute Gasteiger partial charge is 0.258 e. The third-order valence-corrected chi connectivity index (χ3v) is 3.70. The summed E-state index contributed by atoms with van der Waals surface area (Å²) in [5.74, 6) is 0. The van der Waals surface area contributed by atoms with Crippen LogP contribution in [0.25, 0.3) is 28.2 Å². The Morgan fingerprint density at radius 1 is 1.14 bits per heavy atom. The Morgan fingerprint density at radius 2 is 2.00 bits per heavy atom. The van der Waals surface area contributed by atoms with Crippen molar-refractivity contribution in [1.82, 2.24) is 14.4 Å². The summed E-state index contributed by atoms with van der Waals surface area (Å²) in [6, 6.07) is 13.1. The molecule has 4 nitrogen and oxygen atoms in total. The maximum absolute atomic E-state index is 12.3. The number of aromatic amines is 1. The molecule has 0 radical (unpaired) electrons. The quantitative estimate of drug-likeness (QED) is 0.585. The van der Waals surface area contributed by atoms with Crippen LogP contribution in [0.2, 0.25) is 5.02 Å². The molecule has 0 aromatic carbocycles. The summed E-state index contributed by atoms with van der Waals surface area (Å²) in [6.45, 7) is 0. The van der Waals surface area contributed by atoms with E-state index in [1.165, 1.54) is 0 Å². The van der Waals surface area contributed by atoms with Gasteiger partial charge in [-0.05, 0) is 12.1 Å². The van der Waals surface area contributed by atoms with E-state index in [1.54, 1.807) is 12.1 Å². The summed E-state index contributed by atoms with van der Waals surface area (Å²) in [5, 5.41) is 0.618. The molecule has 1 aliphatic heterocycles. The number of imidazole rings is 1. The highest BCUT2D eigenvalue weighted by Crippen LogP contribution is 2.29. The van der Waals surface area contributed by atoms with Crippen LogP contribution in [0.5, 0.6) is 0 Å². The van der Waals surface area contributed by atoms with Crippen molar-refractivity contribution in [1.29, 1.82) is 0 Å². The van der Waals surface area contributed by atoms with Crippen LogP contribution in [0.4, 0.5) is 0 Å². The topological polar surface area (TPSA) is 50.2 Å². The molecule has 21 heavy (non-hydrogen) atoms. The zero-order valence-electron chi connectivity index (χ0n) is 10.9. The number of aromatic nitrogens is 3. The highest BCUT2D eigenvalue weighted by Gasteiger charge is 2.18. The van der Waals surface area contributed by atoms with Gasteiger partial charge < -0.3 is 9.38 Å². The number of halogens is 1. The molecule has 3 heterocycles. The normalized spacial score (nSPS) is 11.3. The molecule has 0 fully saturated rings. The second-order valence-electron chi connectivity index (χ2n) is 4.80. The molecule has 0 amide bonds. The number of hydrogen-bond acceptors (Lipinski definition) is 2. The van der Waals surface area contributed by atoms with Crippen LogP contribution in [-0.2, 0) is 0 Å². The fourth-order valence-electron chi connectivity index (χ4n) is 2.51. The third-order valence-electron chi connectivity index (χ3n) is 3.46. The van der Waals surface area contributed by atoms with Crippen LogP contribution < -0.4 is 5.56 Å². The monoisotopic (exact) mass is 295 g/mol. The van der Waals surface area contributed by atoms with E-state index < -0.39 is 0 Å². The third kappa shape index (κ3) is 1.92. The number of fused-ring (bicyclic) bond motifs is 2. The second kappa shape index (κ2) is 4.46. The maximum atomic E-state index is 12.3. The Kier molecular flexibility index (Phi) is 2.59. The molecule has 4 rings (SSSR count).